The molecule has 0 saturated carbocycles. The molecule has 19 valence electrons. The zero-order valence-corrected chi connectivity index (χ0v) is 5.76. The molecule has 4 heavy (non-hydrogen) atoms. The summed E-state index contributed by atoms with van der Waals surface area (Å²) in [7, 11) is 0. The van der Waals surface area contributed by atoms with Crippen molar-refractivity contribution in [3.8, 4) is 0 Å². The van der Waals surface area contributed by atoms with E-state index < -0.39 is 0 Å². The Bertz CT molecular complexity index is 6.00. The summed E-state index contributed by atoms with van der Waals surface area (Å²) in [6.07, 6.45) is 0. The Labute approximate surface area is 70.1 Å². The van der Waals surface area contributed by atoms with E-state index in [1.54, 1.807) is 0 Å². The fraction of sp³-hybridized carbons (Fsp3) is 0. The minimum absolute atomic E-state index is 0. The van der Waals surface area contributed by atoms with Gasteiger partial charge in [-0.1, -0.05) is 0 Å². The van der Waals surface area contributed by atoms with Crippen LogP contribution in [-0.2, 0) is 0 Å². The summed E-state index contributed by atoms with van der Waals surface area (Å²) in [5.41, 5.74) is 0. The molecular formula is BCaCl2. The van der Waals surface area contributed by atoms with Crippen LogP contribution in [0, 0.1) is 0 Å². The van der Waals surface area contributed by atoms with Crippen LogP contribution in [0.15, 0.2) is 0 Å². The summed E-state index contributed by atoms with van der Waals surface area (Å²) < 4.78 is 0. The molecule has 0 nitrogen and oxygen atoms in total. The van der Waals surface area contributed by atoms with Crippen molar-refractivity contribution in [2.24, 2.45) is 0 Å². The average Bonchev–Trinajstić information content (AvgIpc) is 0. The van der Waals surface area contributed by atoms with Crippen molar-refractivity contribution in [1.82, 2.24) is 0 Å². The van der Waals surface area contributed by atoms with Gasteiger partial charge in [0.25, 0.3) is 0 Å². The van der Waals surface area contributed by atoms with Crippen LogP contribution in [0.3, 0.4) is 0 Å². The van der Waals surface area contributed by atoms with E-state index in [2.05, 4.69) is 0 Å². The van der Waals surface area contributed by atoms with Gasteiger partial charge in [-0.3, -0.25) is 0 Å². The summed E-state index contributed by atoms with van der Waals surface area (Å²) >= 11 is 0. The third-order valence-electron chi connectivity index (χ3n) is 0. The maximum absolute atomic E-state index is 0. The molecule has 0 fully saturated rings. The predicted molar refractivity (Wildman–Crippen MR) is 11.5 cm³/mol. The molecule has 0 atom stereocenters. The van der Waals surface area contributed by atoms with E-state index >= 15 is 0 Å². The molecule has 0 rings (SSSR count). The smallest absolute Gasteiger partial charge is 1.00 e. The van der Waals surface area contributed by atoms with Gasteiger partial charge in [0.15, 0.2) is 0 Å². The predicted octanol–water partition coefficient (Wildman–Crippen LogP) is -6.75. The van der Waals surface area contributed by atoms with Crippen LogP contribution >= 0.6 is 0 Å². The Kier molecular flexibility index (Phi) is 202. The van der Waals surface area contributed by atoms with Crippen LogP contribution in [0.2, 0.25) is 0 Å². The number of hydrogen-bond acceptors (Lipinski definition) is 0. The second-order valence-corrected chi connectivity index (χ2v) is 0. The van der Waals surface area contributed by atoms with Gasteiger partial charge in [-0.15, -0.1) is 0 Å². The first-order chi connectivity index (χ1) is 0. The minimum atomic E-state index is 0. The summed E-state index contributed by atoms with van der Waals surface area (Å²) in [5, 5.41) is 0. The third kappa shape index (κ3) is 9.08. The van der Waals surface area contributed by atoms with Crippen LogP contribution in [0.5, 0.6) is 0 Å². The van der Waals surface area contributed by atoms with Crippen molar-refractivity contribution in [2.45, 2.75) is 0 Å². The van der Waals surface area contributed by atoms with Crippen LogP contribution in [0.4, 0.5) is 0 Å². The maximum Gasteiger partial charge on any atom is 2.00 e. The molecule has 0 aliphatic carbocycles. The van der Waals surface area contributed by atoms with Gasteiger partial charge in [0, 0.05) is 8.41 Å². The Morgan fingerprint density at radius 1 is 0.750 bits per heavy atom. The molecule has 0 heterocycles. The van der Waals surface area contributed by atoms with Crippen molar-refractivity contribution < 1.29 is 24.8 Å². The number of rotatable bonds is 0. The van der Waals surface area contributed by atoms with Crippen LogP contribution in [0.1, 0.15) is 0 Å². The summed E-state index contributed by atoms with van der Waals surface area (Å²) in [5.74, 6) is 0. The van der Waals surface area contributed by atoms with Gasteiger partial charge in [-0.25, -0.2) is 0 Å². The van der Waals surface area contributed by atoms with Gasteiger partial charge in [-0.2, -0.15) is 0 Å². The molecule has 0 saturated heterocycles. The summed E-state index contributed by atoms with van der Waals surface area (Å²) in [6, 6.07) is 0. The molecule has 0 unspecified atom stereocenters. The van der Waals surface area contributed by atoms with E-state index in [4.69, 9.17) is 0 Å². The van der Waals surface area contributed by atoms with Crippen LogP contribution in [0.25, 0.3) is 0 Å². The quantitative estimate of drug-likeness (QED) is 0.280. The van der Waals surface area contributed by atoms with Crippen molar-refractivity contribution in [1.29, 1.82) is 0 Å². The van der Waals surface area contributed by atoms with Gasteiger partial charge < -0.3 is 24.8 Å². The molecule has 0 spiro atoms. The molecule has 4 heteroatoms. The first-order valence-corrected chi connectivity index (χ1v) is 0. The van der Waals surface area contributed by atoms with E-state index in [-0.39, 0.29) is 71.0 Å². The zero-order valence-electron chi connectivity index (χ0n) is 2.04. The van der Waals surface area contributed by atoms with E-state index in [1.807, 2.05) is 0 Å². The largest absolute Gasteiger partial charge is 2.00 e. The minimum Gasteiger partial charge on any atom is -1.00 e. The second-order valence-electron chi connectivity index (χ2n) is 0. The number of halogens is 2. The maximum atomic E-state index is 0. The molecule has 0 amide bonds. The topological polar surface area (TPSA) is 0 Å². The fourth-order valence-electron chi connectivity index (χ4n) is 0. The van der Waals surface area contributed by atoms with Crippen molar-refractivity contribution >= 4 is 46.2 Å². The first-order valence-electron chi connectivity index (χ1n) is 0. The second kappa shape index (κ2) is 20.6. The summed E-state index contributed by atoms with van der Waals surface area (Å²) in [4.78, 5) is 0. The van der Waals surface area contributed by atoms with Crippen molar-refractivity contribution in [2.75, 3.05) is 0 Å². The van der Waals surface area contributed by atoms with Crippen LogP contribution in [-0.4, -0.2) is 46.2 Å². The van der Waals surface area contributed by atoms with Crippen molar-refractivity contribution in [3.63, 3.8) is 0 Å². The zero-order chi connectivity index (χ0) is 0. The average molecular weight is 122 g/mol. The molecule has 3 radical (unpaired) electrons. The van der Waals surface area contributed by atoms with E-state index in [0.717, 1.165) is 0 Å². The van der Waals surface area contributed by atoms with E-state index in [9.17, 15) is 0 Å². The van der Waals surface area contributed by atoms with E-state index in [1.165, 1.54) is 0 Å². The molecule has 0 aromatic carbocycles. The normalized spacial score (nSPS) is 0. The molecule has 0 bridgehead atoms. The molecule has 0 aromatic rings. The molecule has 0 aromatic heterocycles. The first kappa shape index (κ1) is 39.2. The van der Waals surface area contributed by atoms with E-state index in [0.29, 0.717) is 0 Å². The SMILES string of the molecule is [B].[Ca+2].[Cl-].[Cl-]. The van der Waals surface area contributed by atoms with Crippen LogP contribution < -0.4 is 24.8 Å². The van der Waals surface area contributed by atoms with Gasteiger partial charge in [-0.05, 0) is 0 Å². The molecule has 0 N–H and O–H groups in total. The Morgan fingerprint density at radius 3 is 0.750 bits per heavy atom. The van der Waals surface area contributed by atoms with Gasteiger partial charge >= 0.3 is 37.7 Å². The molecule has 0 aliphatic heterocycles. The standard InChI is InChI=1S/B.Ca.2ClH/h;;2*1H/q;+2;;/p-2. The monoisotopic (exact) mass is 121 g/mol. The number of hydrogen-bond donors (Lipinski definition) is 0. The third-order valence-corrected chi connectivity index (χ3v) is 0. The van der Waals surface area contributed by atoms with Gasteiger partial charge in [0.05, 0.1) is 0 Å². The molecule has 0 aliphatic rings. The Morgan fingerprint density at radius 2 is 0.750 bits per heavy atom. The molecular weight excluding hydrogens is 122 g/mol. The van der Waals surface area contributed by atoms with Gasteiger partial charge in [0.1, 0.15) is 0 Å². The van der Waals surface area contributed by atoms with Crippen molar-refractivity contribution in [3.05, 3.63) is 0 Å². The summed E-state index contributed by atoms with van der Waals surface area (Å²) in [6.45, 7) is 0. The Balaban J connectivity index is 0. The van der Waals surface area contributed by atoms with Gasteiger partial charge in [0.2, 0.25) is 0 Å². The fourth-order valence-corrected chi connectivity index (χ4v) is 0. The Hall–Kier alpha value is 1.90.